The van der Waals surface area contributed by atoms with Crippen LogP contribution in [0.15, 0.2) is 24.4 Å². The van der Waals surface area contributed by atoms with Gasteiger partial charge in [-0.05, 0) is 24.6 Å². The molecule has 3 aromatic rings. The van der Waals surface area contributed by atoms with Crippen molar-refractivity contribution in [3.63, 3.8) is 0 Å². The third-order valence-electron chi connectivity index (χ3n) is 4.62. The standard InChI is InChI=1S/C17H19F2N9O2/c18-16(19)28-6-8-1-2-9(5-12(8)27-28)22-15-13(14(21)29)25-26-17(24-15)23-11-3-4-30-7-10(11)20/h1-2,5-6,10-11,16H,3-4,7,20H2,(H2,21,29)(H2,22,23,24,26)/t10-,11+/m0/s1. The fraction of sp³-hybridized carbons (Fsp3) is 0.353. The van der Waals surface area contributed by atoms with Gasteiger partial charge in [-0.1, -0.05) is 0 Å². The molecule has 0 spiro atoms. The molecule has 3 heterocycles. The number of alkyl halides is 2. The minimum Gasteiger partial charge on any atom is -0.380 e. The molecule has 0 unspecified atom stereocenters. The third-order valence-corrected chi connectivity index (χ3v) is 4.62. The summed E-state index contributed by atoms with van der Waals surface area (Å²) >= 11 is 0. The molecule has 13 heteroatoms. The second kappa shape index (κ2) is 8.12. The highest BCUT2D eigenvalue weighted by molar-refractivity contribution is 5.96. The van der Waals surface area contributed by atoms with Crippen LogP contribution in [0.1, 0.15) is 23.5 Å². The van der Waals surface area contributed by atoms with E-state index in [1.54, 1.807) is 18.2 Å². The second-order valence-electron chi connectivity index (χ2n) is 6.76. The number of primary amides is 1. The van der Waals surface area contributed by atoms with Crippen LogP contribution in [0.25, 0.3) is 10.9 Å². The first-order chi connectivity index (χ1) is 14.4. The Morgan fingerprint density at radius 1 is 1.33 bits per heavy atom. The Labute approximate surface area is 168 Å². The number of anilines is 3. The molecule has 30 heavy (non-hydrogen) atoms. The van der Waals surface area contributed by atoms with Gasteiger partial charge in [0.2, 0.25) is 5.95 Å². The van der Waals surface area contributed by atoms with Crippen LogP contribution in [0, 0.1) is 0 Å². The molecule has 2 aromatic heterocycles. The summed E-state index contributed by atoms with van der Waals surface area (Å²) in [6.07, 6.45) is 1.90. The van der Waals surface area contributed by atoms with E-state index in [0.717, 1.165) is 0 Å². The number of ether oxygens (including phenoxy) is 1. The molecule has 1 saturated heterocycles. The zero-order valence-corrected chi connectivity index (χ0v) is 15.6. The van der Waals surface area contributed by atoms with Crippen molar-refractivity contribution in [2.24, 2.45) is 11.5 Å². The molecule has 0 saturated carbocycles. The average molecular weight is 419 g/mol. The Balaban J connectivity index is 1.61. The Kier molecular flexibility index (Phi) is 5.37. The highest BCUT2D eigenvalue weighted by Crippen LogP contribution is 2.24. The zero-order valence-electron chi connectivity index (χ0n) is 15.6. The van der Waals surface area contributed by atoms with Gasteiger partial charge >= 0.3 is 6.55 Å². The van der Waals surface area contributed by atoms with Crippen molar-refractivity contribution in [3.05, 3.63) is 30.1 Å². The number of nitrogens with two attached hydrogens (primary N) is 2. The van der Waals surface area contributed by atoms with Crippen LogP contribution in [0.5, 0.6) is 0 Å². The van der Waals surface area contributed by atoms with Gasteiger partial charge in [-0.2, -0.15) is 18.9 Å². The van der Waals surface area contributed by atoms with E-state index >= 15 is 0 Å². The first-order valence-electron chi connectivity index (χ1n) is 9.09. The number of halogens is 2. The number of rotatable bonds is 6. The summed E-state index contributed by atoms with van der Waals surface area (Å²) in [7, 11) is 0. The first kappa shape index (κ1) is 19.8. The fourth-order valence-electron chi connectivity index (χ4n) is 3.09. The zero-order chi connectivity index (χ0) is 21.3. The topological polar surface area (TPSA) is 159 Å². The van der Waals surface area contributed by atoms with Gasteiger partial charge < -0.3 is 26.8 Å². The summed E-state index contributed by atoms with van der Waals surface area (Å²) < 4.78 is 31.6. The molecule has 4 rings (SSSR count). The first-order valence-corrected chi connectivity index (χ1v) is 9.09. The number of carbonyl (C=O) groups is 1. The molecule has 1 aliphatic heterocycles. The number of benzene rings is 1. The molecule has 11 nitrogen and oxygen atoms in total. The van der Waals surface area contributed by atoms with Crippen LogP contribution < -0.4 is 22.1 Å². The van der Waals surface area contributed by atoms with Gasteiger partial charge in [-0.25, -0.2) is 4.68 Å². The van der Waals surface area contributed by atoms with E-state index in [0.29, 0.717) is 40.9 Å². The highest BCUT2D eigenvalue weighted by Gasteiger charge is 2.24. The molecule has 1 amide bonds. The van der Waals surface area contributed by atoms with Crippen molar-refractivity contribution >= 4 is 34.3 Å². The maximum absolute atomic E-state index is 12.8. The van der Waals surface area contributed by atoms with Gasteiger partial charge in [0.1, 0.15) is 0 Å². The summed E-state index contributed by atoms with van der Waals surface area (Å²) in [5.74, 6) is -0.601. The Morgan fingerprint density at radius 2 is 2.17 bits per heavy atom. The number of carbonyl (C=O) groups excluding carboxylic acids is 1. The number of hydrogen-bond acceptors (Lipinski definition) is 9. The van der Waals surface area contributed by atoms with Gasteiger partial charge in [-0.15, -0.1) is 10.2 Å². The lowest BCUT2D eigenvalue weighted by Crippen LogP contribution is -2.48. The number of hydrogen-bond donors (Lipinski definition) is 4. The third kappa shape index (κ3) is 4.11. The van der Waals surface area contributed by atoms with Crippen LogP contribution in [-0.4, -0.2) is 56.2 Å². The number of aromatic nitrogens is 5. The van der Waals surface area contributed by atoms with E-state index in [1.165, 1.54) is 6.20 Å². The molecule has 1 fully saturated rings. The summed E-state index contributed by atoms with van der Waals surface area (Å²) in [6.45, 7) is -1.79. The predicted octanol–water partition coefficient (Wildman–Crippen LogP) is 0.987. The SMILES string of the molecule is NC(=O)c1nnc(N[C@@H]2CCOC[C@@H]2N)nc1Nc1ccc2cn(C(F)F)nc2c1. The molecule has 1 aliphatic rings. The van der Waals surface area contributed by atoms with E-state index in [4.69, 9.17) is 16.2 Å². The lowest BCUT2D eigenvalue weighted by Gasteiger charge is -2.29. The molecular formula is C17H19F2N9O2. The summed E-state index contributed by atoms with van der Waals surface area (Å²) in [5.41, 5.74) is 12.0. The Morgan fingerprint density at radius 3 is 2.90 bits per heavy atom. The fourth-order valence-corrected chi connectivity index (χ4v) is 3.09. The van der Waals surface area contributed by atoms with Crippen molar-refractivity contribution in [2.45, 2.75) is 25.1 Å². The maximum atomic E-state index is 12.8. The van der Waals surface area contributed by atoms with Crippen LogP contribution in [0.2, 0.25) is 0 Å². The molecule has 0 aliphatic carbocycles. The smallest absolute Gasteiger partial charge is 0.333 e. The van der Waals surface area contributed by atoms with Crippen molar-refractivity contribution in [3.8, 4) is 0 Å². The minimum absolute atomic E-state index is 0.0632. The lowest BCUT2D eigenvalue weighted by atomic mass is 10.1. The number of nitrogens with one attached hydrogen (secondary N) is 2. The quantitative estimate of drug-likeness (QED) is 0.457. The summed E-state index contributed by atoms with van der Waals surface area (Å²) in [4.78, 5) is 16.0. The molecule has 158 valence electrons. The second-order valence-corrected chi connectivity index (χ2v) is 6.76. The molecule has 0 bridgehead atoms. The van der Waals surface area contributed by atoms with Gasteiger partial charge in [0, 0.05) is 36.0 Å². The largest absolute Gasteiger partial charge is 0.380 e. The van der Waals surface area contributed by atoms with E-state index in [9.17, 15) is 13.6 Å². The number of amides is 1. The van der Waals surface area contributed by atoms with Gasteiger partial charge in [0.15, 0.2) is 11.5 Å². The van der Waals surface area contributed by atoms with Crippen LogP contribution in [0.4, 0.5) is 26.2 Å². The van der Waals surface area contributed by atoms with Crippen LogP contribution >= 0.6 is 0 Å². The predicted molar refractivity (Wildman–Crippen MR) is 103 cm³/mol. The Bertz CT molecular complexity index is 1070. The van der Waals surface area contributed by atoms with E-state index in [-0.39, 0.29) is 29.5 Å². The van der Waals surface area contributed by atoms with Crippen molar-refractivity contribution in [1.29, 1.82) is 0 Å². The number of fused-ring (bicyclic) bond motifs is 1. The van der Waals surface area contributed by atoms with Crippen LogP contribution in [0.3, 0.4) is 0 Å². The van der Waals surface area contributed by atoms with Crippen molar-refractivity contribution in [1.82, 2.24) is 25.0 Å². The van der Waals surface area contributed by atoms with E-state index in [2.05, 4.69) is 30.9 Å². The molecule has 0 radical (unpaired) electrons. The van der Waals surface area contributed by atoms with Gasteiger partial charge in [0.25, 0.3) is 5.91 Å². The molecule has 1 aromatic carbocycles. The van der Waals surface area contributed by atoms with E-state index < -0.39 is 12.5 Å². The molecule has 2 atom stereocenters. The monoisotopic (exact) mass is 419 g/mol. The summed E-state index contributed by atoms with van der Waals surface area (Å²) in [5, 5.41) is 18.1. The number of nitrogens with zero attached hydrogens (tertiary/aromatic N) is 5. The van der Waals surface area contributed by atoms with E-state index in [1.807, 2.05) is 0 Å². The van der Waals surface area contributed by atoms with Crippen LogP contribution in [-0.2, 0) is 4.74 Å². The summed E-state index contributed by atoms with van der Waals surface area (Å²) in [6, 6.07) is 4.42. The minimum atomic E-state index is -2.74. The van der Waals surface area contributed by atoms with Gasteiger partial charge in [0.05, 0.1) is 12.1 Å². The van der Waals surface area contributed by atoms with Gasteiger partial charge in [-0.3, -0.25) is 4.79 Å². The molecule has 6 N–H and O–H groups in total. The van der Waals surface area contributed by atoms with Crippen molar-refractivity contribution in [2.75, 3.05) is 23.8 Å². The highest BCUT2D eigenvalue weighted by atomic mass is 19.3. The average Bonchev–Trinajstić information content (AvgIpc) is 3.13. The normalized spacial score (nSPS) is 19.2. The maximum Gasteiger partial charge on any atom is 0.333 e. The van der Waals surface area contributed by atoms with Crippen molar-refractivity contribution < 1.29 is 18.3 Å². The molecular weight excluding hydrogens is 400 g/mol. The Hall–Kier alpha value is -3.45. The lowest BCUT2D eigenvalue weighted by molar-refractivity contribution is 0.0573.